The number of carbonyl (C=O) groups excluding carboxylic acids is 1. The van der Waals surface area contributed by atoms with E-state index in [4.69, 9.17) is 5.73 Å². The number of fused-ring (bicyclic) bond motifs is 1. The van der Waals surface area contributed by atoms with Gasteiger partial charge in [-0.15, -0.1) is 0 Å². The van der Waals surface area contributed by atoms with Gasteiger partial charge in [0.1, 0.15) is 28.8 Å². The summed E-state index contributed by atoms with van der Waals surface area (Å²) in [6.45, 7) is 0. The molecule has 0 saturated heterocycles. The van der Waals surface area contributed by atoms with Gasteiger partial charge in [0.25, 0.3) is 5.91 Å². The number of nitrogens with zero attached hydrogens (tertiary/aromatic N) is 4. The van der Waals surface area contributed by atoms with Crippen LogP contribution in [0.2, 0.25) is 0 Å². The van der Waals surface area contributed by atoms with Crippen molar-refractivity contribution in [2.45, 2.75) is 37.7 Å². The number of hydrogen-bond acceptors (Lipinski definition) is 6. The first-order valence-corrected chi connectivity index (χ1v) is 10.8. The van der Waals surface area contributed by atoms with Crippen molar-refractivity contribution in [3.63, 3.8) is 0 Å². The second-order valence-electron chi connectivity index (χ2n) is 8.25. The number of aliphatic hydroxyl groups is 1. The van der Waals surface area contributed by atoms with Crippen molar-refractivity contribution in [3.8, 4) is 11.3 Å². The molecule has 0 bridgehead atoms. The van der Waals surface area contributed by atoms with Crippen molar-refractivity contribution in [3.05, 3.63) is 72.2 Å². The molecule has 0 unspecified atom stereocenters. The van der Waals surface area contributed by atoms with E-state index in [1.807, 2.05) is 4.40 Å². The number of anilines is 2. The first-order chi connectivity index (χ1) is 16.0. The van der Waals surface area contributed by atoms with Gasteiger partial charge >= 0.3 is 0 Å². The predicted octanol–water partition coefficient (Wildman–Crippen LogP) is 3.78. The molecular formula is C24H23FN6O2. The summed E-state index contributed by atoms with van der Waals surface area (Å²) < 4.78 is 16.8. The maximum Gasteiger partial charge on any atom is 0.259 e. The van der Waals surface area contributed by atoms with Gasteiger partial charge in [0.15, 0.2) is 0 Å². The fraction of sp³-hybridized carbons (Fsp3) is 0.250. The van der Waals surface area contributed by atoms with Crippen LogP contribution in [0.15, 0.2) is 55.0 Å². The summed E-state index contributed by atoms with van der Waals surface area (Å²) in [6, 6.07) is 9.41. The summed E-state index contributed by atoms with van der Waals surface area (Å²) in [7, 11) is 0. The lowest BCUT2D eigenvalue weighted by molar-refractivity contribution is 0.102. The number of halogens is 1. The van der Waals surface area contributed by atoms with E-state index in [2.05, 4.69) is 20.3 Å². The molecule has 0 spiro atoms. The van der Waals surface area contributed by atoms with Crippen LogP contribution in [0.4, 0.5) is 16.0 Å². The van der Waals surface area contributed by atoms with E-state index in [0.717, 1.165) is 31.5 Å². The highest BCUT2D eigenvalue weighted by Crippen LogP contribution is 2.34. The van der Waals surface area contributed by atoms with Crippen molar-refractivity contribution in [1.82, 2.24) is 19.4 Å². The summed E-state index contributed by atoms with van der Waals surface area (Å²) in [5.74, 6) is 0.442. The number of rotatable bonds is 4. The van der Waals surface area contributed by atoms with Crippen molar-refractivity contribution < 1.29 is 14.3 Å². The first-order valence-electron chi connectivity index (χ1n) is 10.8. The Labute approximate surface area is 189 Å². The summed E-state index contributed by atoms with van der Waals surface area (Å²) >= 11 is 0. The lowest BCUT2D eigenvalue weighted by atomic mass is 9.87. The van der Waals surface area contributed by atoms with Gasteiger partial charge in [0.2, 0.25) is 0 Å². The van der Waals surface area contributed by atoms with E-state index in [0.29, 0.717) is 28.4 Å². The van der Waals surface area contributed by atoms with Gasteiger partial charge in [-0.25, -0.2) is 19.3 Å². The Morgan fingerprint density at radius 3 is 2.70 bits per heavy atom. The summed E-state index contributed by atoms with van der Waals surface area (Å²) in [5, 5.41) is 12.4. The van der Waals surface area contributed by atoms with Crippen LogP contribution < -0.4 is 11.1 Å². The molecule has 1 aromatic carbocycles. The zero-order valence-corrected chi connectivity index (χ0v) is 17.8. The van der Waals surface area contributed by atoms with Crippen molar-refractivity contribution in [2.75, 3.05) is 11.1 Å². The molecule has 0 radical (unpaired) electrons. The molecular weight excluding hydrogens is 423 g/mol. The molecule has 8 nitrogen and oxygen atoms in total. The van der Waals surface area contributed by atoms with Crippen LogP contribution in [0.1, 0.15) is 47.8 Å². The molecule has 1 saturated carbocycles. The van der Waals surface area contributed by atoms with E-state index in [1.165, 1.54) is 12.1 Å². The second kappa shape index (κ2) is 8.59. The Balaban J connectivity index is 1.45. The van der Waals surface area contributed by atoms with E-state index >= 15 is 0 Å². The summed E-state index contributed by atoms with van der Waals surface area (Å²) in [5.41, 5.74) is 7.75. The molecule has 0 aliphatic heterocycles. The zero-order chi connectivity index (χ0) is 22.9. The molecule has 5 rings (SSSR count). The van der Waals surface area contributed by atoms with E-state index in [9.17, 15) is 14.3 Å². The van der Waals surface area contributed by atoms with Crippen molar-refractivity contribution in [1.29, 1.82) is 0 Å². The van der Waals surface area contributed by atoms with Gasteiger partial charge in [-0.3, -0.25) is 9.20 Å². The van der Waals surface area contributed by atoms with E-state index in [1.54, 1.807) is 42.9 Å². The fourth-order valence-electron chi connectivity index (χ4n) is 4.29. The number of amides is 1. The van der Waals surface area contributed by atoms with Gasteiger partial charge in [-0.1, -0.05) is 12.1 Å². The number of benzene rings is 1. The number of aliphatic hydroxyl groups excluding tert-OH is 1. The maximum atomic E-state index is 14.9. The molecule has 4 N–H and O–H groups in total. The highest BCUT2D eigenvalue weighted by atomic mass is 19.1. The Hall–Kier alpha value is -3.85. The topological polar surface area (TPSA) is 118 Å². The summed E-state index contributed by atoms with van der Waals surface area (Å²) in [6.07, 6.45) is 7.92. The smallest absolute Gasteiger partial charge is 0.259 e. The molecule has 1 amide bonds. The number of imidazole rings is 1. The third-order valence-electron chi connectivity index (χ3n) is 6.06. The number of nitrogens with one attached hydrogen (secondary N) is 1. The third kappa shape index (κ3) is 4.14. The number of aromatic nitrogens is 4. The quantitative estimate of drug-likeness (QED) is 0.439. The average molecular weight is 446 g/mol. The van der Waals surface area contributed by atoms with Crippen LogP contribution in [-0.2, 0) is 0 Å². The third-order valence-corrected chi connectivity index (χ3v) is 6.06. The standard InChI is InChI=1S/C24H23FN6O2/c25-18-11-15(6-9-17(18)24(33)30-21-3-1-2-10-27-21)19-13-31-20(22(26)29-19)12-28-23(31)14-4-7-16(32)8-5-14/h1-3,6,9-14,16,32H,4-5,7-8H2,(H2,26,29)(H,27,30,33). The Morgan fingerprint density at radius 1 is 1.15 bits per heavy atom. The lowest BCUT2D eigenvalue weighted by Crippen LogP contribution is -2.18. The van der Waals surface area contributed by atoms with Crippen LogP contribution in [0, 0.1) is 5.82 Å². The number of nitrogens with two attached hydrogens (primary N) is 1. The SMILES string of the molecule is Nc1nc(-c2ccc(C(=O)Nc3ccccn3)c(F)c2)cn2c(C3CCC(O)CC3)ncc12. The Kier molecular flexibility index (Phi) is 5.47. The van der Waals surface area contributed by atoms with Gasteiger partial charge in [0, 0.05) is 23.9 Å². The molecule has 1 aliphatic carbocycles. The minimum atomic E-state index is -0.673. The van der Waals surface area contributed by atoms with Crippen molar-refractivity contribution in [2.24, 2.45) is 0 Å². The molecule has 3 aromatic heterocycles. The van der Waals surface area contributed by atoms with Gasteiger partial charge in [-0.05, 0) is 49.9 Å². The van der Waals surface area contributed by atoms with Gasteiger partial charge < -0.3 is 16.2 Å². The molecule has 0 atom stereocenters. The van der Waals surface area contributed by atoms with Crippen LogP contribution in [0.3, 0.4) is 0 Å². The van der Waals surface area contributed by atoms with E-state index in [-0.39, 0.29) is 17.6 Å². The molecule has 1 fully saturated rings. The van der Waals surface area contributed by atoms with Crippen LogP contribution >= 0.6 is 0 Å². The Morgan fingerprint density at radius 2 is 1.97 bits per heavy atom. The fourth-order valence-corrected chi connectivity index (χ4v) is 4.29. The molecule has 1 aliphatic rings. The minimum Gasteiger partial charge on any atom is -0.393 e. The predicted molar refractivity (Wildman–Crippen MR) is 122 cm³/mol. The zero-order valence-electron chi connectivity index (χ0n) is 17.8. The highest BCUT2D eigenvalue weighted by Gasteiger charge is 2.25. The highest BCUT2D eigenvalue weighted by molar-refractivity contribution is 6.04. The molecule has 3 heterocycles. The first kappa shape index (κ1) is 21.0. The largest absolute Gasteiger partial charge is 0.393 e. The average Bonchev–Trinajstić information content (AvgIpc) is 3.25. The van der Waals surface area contributed by atoms with E-state index < -0.39 is 11.7 Å². The molecule has 33 heavy (non-hydrogen) atoms. The van der Waals surface area contributed by atoms with Crippen LogP contribution in [0.25, 0.3) is 16.8 Å². The van der Waals surface area contributed by atoms with Crippen LogP contribution in [-0.4, -0.2) is 36.5 Å². The minimum absolute atomic E-state index is 0.0949. The molecule has 4 aromatic rings. The van der Waals surface area contributed by atoms with Crippen LogP contribution in [0.5, 0.6) is 0 Å². The number of carbonyl (C=O) groups is 1. The second-order valence-corrected chi connectivity index (χ2v) is 8.25. The summed E-state index contributed by atoms with van der Waals surface area (Å²) in [4.78, 5) is 25.5. The van der Waals surface area contributed by atoms with Gasteiger partial charge in [-0.2, -0.15) is 0 Å². The number of hydrogen-bond donors (Lipinski definition) is 3. The molecule has 168 valence electrons. The maximum absolute atomic E-state index is 14.9. The normalized spacial score (nSPS) is 18.4. The van der Waals surface area contributed by atoms with Crippen molar-refractivity contribution >= 4 is 23.1 Å². The molecule has 9 heteroatoms. The monoisotopic (exact) mass is 446 g/mol. The number of pyridine rings is 1. The van der Waals surface area contributed by atoms with Gasteiger partial charge in [0.05, 0.1) is 23.6 Å². The lowest BCUT2D eigenvalue weighted by Gasteiger charge is -2.24. The number of nitrogen functional groups attached to an aromatic ring is 1. The Bertz CT molecular complexity index is 1320.